The monoisotopic (exact) mass is 331 g/mol. The third kappa shape index (κ3) is 2.41. The van der Waals surface area contributed by atoms with Crippen LogP contribution in [0.3, 0.4) is 0 Å². The van der Waals surface area contributed by atoms with Gasteiger partial charge in [0, 0.05) is 12.6 Å². The molecule has 0 aliphatic carbocycles. The van der Waals surface area contributed by atoms with Crippen LogP contribution < -0.4 is 0 Å². The van der Waals surface area contributed by atoms with E-state index < -0.39 is 0 Å². The molecule has 0 bridgehead atoms. The van der Waals surface area contributed by atoms with Crippen LogP contribution in [0.2, 0.25) is 10.0 Å². The van der Waals surface area contributed by atoms with Gasteiger partial charge in [-0.15, -0.1) is 11.6 Å². The number of likely N-dealkylation sites (tertiary alicyclic amines) is 1. The Balaban J connectivity index is 2.21. The molecule has 2 atom stereocenters. The molecule has 108 valence electrons. The van der Waals surface area contributed by atoms with Crippen molar-refractivity contribution in [1.29, 1.82) is 0 Å². The Morgan fingerprint density at radius 3 is 2.60 bits per heavy atom. The maximum Gasteiger partial charge on any atom is 0.128 e. The molecule has 0 N–H and O–H groups in total. The van der Waals surface area contributed by atoms with Crippen LogP contribution in [0, 0.1) is 0 Å². The third-order valence-corrected chi connectivity index (χ3v) is 4.76. The number of rotatable bonds is 2. The van der Waals surface area contributed by atoms with E-state index >= 15 is 0 Å². The minimum absolute atomic E-state index is 0.147. The molecule has 20 heavy (non-hydrogen) atoms. The molecule has 1 fully saturated rings. The van der Waals surface area contributed by atoms with Gasteiger partial charge in [0.25, 0.3) is 0 Å². The zero-order valence-electron chi connectivity index (χ0n) is 11.4. The van der Waals surface area contributed by atoms with Gasteiger partial charge in [-0.3, -0.25) is 0 Å². The van der Waals surface area contributed by atoms with E-state index in [4.69, 9.17) is 34.8 Å². The van der Waals surface area contributed by atoms with Gasteiger partial charge in [-0.05, 0) is 39.1 Å². The molecule has 6 heteroatoms. The Bertz CT molecular complexity index is 651. The van der Waals surface area contributed by atoms with Crippen LogP contribution >= 0.6 is 34.8 Å². The number of nitrogens with zero attached hydrogens (tertiary/aromatic N) is 3. The summed E-state index contributed by atoms with van der Waals surface area (Å²) in [6, 6.07) is 4.10. The molecular weight excluding hydrogens is 317 g/mol. The Kier molecular flexibility index (Phi) is 3.89. The average molecular weight is 333 g/mol. The second kappa shape index (κ2) is 5.38. The smallest absolute Gasteiger partial charge is 0.128 e. The number of hydrogen-bond donors (Lipinski definition) is 0. The van der Waals surface area contributed by atoms with Gasteiger partial charge in [-0.25, -0.2) is 4.98 Å². The highest BCUT2D eigenvalue weighted by atomic mass is 35.5. The Labute approximate surface area is 133 Å². The SMILES string of the molecule is CC(Cl)c1nc2cc(Cl)c(Cl)cc2n1C1CCN(C)C1. The molecule has 0 amide bonds. The molecule has 1 aliphatic rings. The van der Waals surface area contributed by atoms with E-state index in [9.17, 15) is 0 Å². The molecule has 3 rings (SSSR count). The molecule has 0 spiro atoms. The number of benzene rings is 1. The van der Waals surface area contributed by atoms with Crippen LogP contribution in [-0.4, -0.2) is 34.6 Å². The van der Waals surface area contributed by atoms with Crippen molar-refractivity contribution in [3.8, 4) is 0 Å². The fourth-order valence-electron chi connectivity index (χ4n) is 2.90. The molecule has 2 heterocycles. The Morgan fingerprint density at radius 1 is 1.30 bits per heavy atom. The quantitative estimate of drug-likeness (QED) is 0.754. The van der Waals surface area contributed by atoms with Crippen molar-refractivity contribution in [2.45, 2.75) is 24.8 Å². The van der Waals surface area contributed by atoms with Crippen molar-refractivity contribution < 1.29 is 0 Å². The lowest BCUT2D eigenvalue weighted by Crippen LogP contribution is -2.18. The minimum Gasteiger partial charge on any atom is -0.322 e. The highest BCUT2D eigenvalue weighted by Crippen LogP contribution is 2.35. The summed E-state index contributed by atoms with van der Waals surface area (Å²) in [7, 11) is 2.13. The molecule has 1 aromatic heterocycles. The average Bonchev–Trinajstić information content (AvgIpc) is 2.94. The number of aromatic nitrogens is 2. The van der Waals surface area contributed by atoms with Gasteiger partial charge in [0.1, 0.15) is 5.82 Å². The minimum atomic E-state index is -0.147. The molecule has 2 aromatic rings. The topological polar surface area (TPSA) is 21.1 Å². The summed E-state index contributed by atoms with van der Waals surface area (Å²) in [6.45, 7) is 4.03. The lowest BCUT2D eigenvalue weighted by molar-refractivity contribution is 0.392. The van der Waals surface area contributed by atoms with E-state index in [0.29, 0.717) is 16.1 Å². The molecular formula is C14H16Cl3N3. The first-order chi connectivity index (χ1) is 9.47. The first kappa shape index (κ1) is 14.5. The number of alkyl halides is 1. The van der Waals surface area contributed by atoms with E-state index in [1.54, 1.807) is 0 Å². The lowest BCUT2D eigenvalue weighted by Gasteiger charge is -2.18. The second-order valence-electron chi connectivity index (χ2n) is 5.42. The van der Waals surface area contributed by atoms with Gasteiger partial charge >= 0.3 is 0 Å². The molecule has 1 aliphatic heterocycles. The van der Waals surface area contributed by atoms with Crippen LogP contribution in [0.5, 0.6) is 0 Å². The Hall–Kier alpha value is -0.480. The first-order valence-corrected chi connectivity index (χ1v) is 7.86. The number of likely N-dealkylation sites (N-methyl/N-ethyl adjacent to an activating group) is 1. The summed E-state index contributed by atoms with van der Waals surface area (Å²) < 4.78 is 2.23. The van der Waals surface area contributed by atoms with E-state index in [1.165, 1.54) is 0 Å². The molecule has 1 saturated heterocycles. The van der Waals surface area contributed by atoms with Crippen LogP contribution in [0.1, 0.15) is 30.6 Å². The summed E-state index contributed by atoms with van der Waals surface area (Å²) >= 11 is 18.6. The summed E-state index contributed by atoms with van der Waals surface area (Å²) in [5.74, 6) is 0.889. The van der Waals surface area contributed by atoms with E-state index in [1.807, 2.05) is 19.1 Å². The molecule has 0 radical (unpaired) electrons. The summed E-state index contributed by atoms with van der Waals surface area (Å²) in [5, 5.41) is 0.937. The van der Waals surface area contributed by atoms with Gasteiger partial charge in [-0.2, -0.15) is 0 Å². The fourth-order valence-corrected chi connectivity index (χ4v) is 3.37. The summed E-state index contributed by atoms with van der Waals surface area (Å²) in [5.41, 5.74) is 1.87. The van der Waals surface area contributed by atoms with Crippen molar-refractivity contribution in [2.24, 2.45) is 0 Å². The number of halogens is 3. The van der Waals surface area contributed by atoms with Crippen LogP contribution in [0.25, 0.3) is 11.0 Å². The lowest BCUT2D eigenvalue weighted by atomic mass is 10.2. The van der Waals surface area contributed by atoms with Crippen LogP contribution in [0.4, 0.5) is 0 Å². The van der Waals surface area contributed by atoms with Gasteiger partial charge in [-0.1, -0.05) is 23.2 Å². The summed E-state index contributed by atoms with van der Waals surface area (Å²) in [6.07, 6.45) is 1.10. The van der Waals surface area contributed by atoms with Gasteiger partial charge in [0.05, 0.1) is 26.5 Å². The molecule has 1 aromatic carbocycles. The highest BCUT2D eigenvalue weighted by molar-refractivity contribution is 6.42. The third-order valence-electron chi connectivity index (χ3n) is 3.85. The fraction of sp³-hybridized carbons (Fsp3) is 0.500. The predicted molar refractivity (Wildman–Crippen MR) is 85.2 cm³/mol. The van der Waals surface area contributed by atoms with Gasteiger partial charge < -0.3 is 9.47 Å². The van der Waals surface area contributed by atoms with E-state index in [0.717, 1.165) is 36.4 Å². The van der Waals surface area contributed by atoms with E-state index in [2.05, 4.69) is 21.5 Å². The van der Waals surface area contributed by atoms with Crippen LogP contribution in [-0.2, 0) is 0 Å². The van der Waals surface area contributed by atoms with E-state index in [-0.39, 0.29) is 5.38 Å². The number of hydrogen-bond acceptors (Lipinski definition) is 2. The zero-order valence-corrected chi connectivity index (χ0v) is 13.7. The van der Waals surface area contributed by atoms with Crippen molar-refractivity contribution in [1.82, 2.24) is 14.5 Å². The van der Waals surface area contributed by atoms with Crippen LogP contribution in [0.15, 0.2) is 12.1 Å². The predicted octanol–water partition coefficient (Wildman–Crippen LogP) is 4.52. The largest absolute Gasteiger partial charge is 0.322 e. The van der Waals surface area contributed by atoms with Gasteiger partial charge in [0.2, 0.25) is 0 Å². The van der Waals surface area contributed by atoms with Crippen molar-refractivity contribution in [3.63, 3.8) is 0 Å². The molecule has 0 saturated carbocycles. The van der Waals surface area contributed by atoms with Gasteiger partial charge in [0.15, 0.2) is 0 Å². The van der Waals surface area contributed by atoms with Crippen molar-refractivity contribution >= 4 is 45.8 Å². The second-order valence-corrected chi connectivity index (χ2v) is 6.88. The number of imidazole rings is 1. The maximum absolute atomic E-state index is 6.31. The molecule has 3 nitrogen and oxygen atoms in total. The summed E-state index contributed by atoms with van der Waals surface area (Å²) in [4.78, 5) is 6.97. The standard InChI is InChI=1S/C14H16Cl3N3/c1-8(15)14-18-12-5-10(16)11(17)6-13(12)20(14)9-3-4-19(2)7-9/h5-6,8-9H,3-4,7H2,1-2H3. The Morgan fingerprint density at radius 2 is 2.00 bits per heavy atom. The normalized spacial score (nSPS) is 21.8. The van der Waals surface area contributed by atoms with Crippen molar-refractivity contribution in [3.05, 3.63) is 28.0 Å². The zero-order chi connectivity index (χ0) is 14.4. The number of fused-ring (bicyclic) bond motifs is 1. The van der Waals surface area contributed by atoms with Crippen molar-refractivity contribution in [2.75, 3.05) is 20.1 Å². The first-order valence-electron chi connectivity index (χ1n) is 6.67. The molecule has 2 unspecified atom stereocenters. The highest BCUT2D eigenvalue weighted by Gasteiger charge is 2.27. The maximum atomic E-state index is 6.31.